The van der Waals surface area contributed by atoms with E-state index in [2.05, 4.69) is 12.2 Å². The number of amides is 1. The van der Waals surface area contributed by atoms with Crippen LogP contribution in [0.4, 0.5) is 4.39 Å². The summed E-state index contributed by atoms with van der Waals surface area (Å²) in [6, 6.07) is 4.89. The summed E-state index contributed by atoms with van der Waals surface area (Å²) in [6.45, 7) is 4.15. The molecule has 1 aromatic carbocycles. The highest BCUT2D eigenvalue weighted by atomic mass is 19.1. The minimum absolute atomic E-state index is 0.0753. The highest BCUT2D eigenvalue weighted by Gasteiger charge is 2.19. The van der Waals surface area contributed by atoms with Crippen molar-refractivity contribution < 1.29 is 18.7 Å². The summed E-state index contributed by atoms with van der Waals surface area (Å²) in [5.41, 5.74) is -0.0753. The molecule has 0 aliphatic rings. The third kappa shape index (κ3) is 11.9. The molecule has 1 rings (SSSR count). The van der Waals surface area contributed by atoms with Gasteiger partial charge in [0.15, 0.2) is 0 Å². The Balaban J connectivity index is 1.98. The fourth-order valence-electron chi connectivity index (χ4n) is 3.40. The van der Waals surface area contributed by atoms with Crippen LogP contribution in [0.25, 0.3) is 0 Å². The summed E-state index contributed by atoms with van der Waals surface area (Å²) >= 11 is 0. The minimum atomic E-state index is -0.806. The predicted octanol–water partition coefficient (Wildman–Crippen LogP) is 6.58. The second-order valence-corrected chi connectivity index (χ2v) is 8.09. The van der Waals surface area contributed by atoms with Crippen LogP contribution >= 0.6 is 0 Å². The van der Waals surface area contributed by atoms with Gasteiger partial charge in [0.1, 0.15) is 11.9 Å². The molecule has 30 heavy (non-hydrogen) atoms. The molecular weight excluding hydrogens is 381 g/mol. The molecule has 0 aliphatic carbocycles. The highest BCUT2D eigenvalue weighted by Crippen LogP contribution is 2.12. The maximum absolute atomic E-state index is 13.6. The Kier molecular flexibility index (Phi) is 14.7. The van der Waals surface area contributed by atoms with Crippen molar-refractivity contribution in [2.75, 3.05) is 6.61 Å². The van der Waals surface area contributed by atoms with Crippen LogP contribution in [-0.4, -0.2) is 24.5 Å². The van der Waals surface area contributed by atoms with Crippen molar-refractivity contribution in [3.63, 3.8) is 0 Å². The van der Waals surface area contributed by atoms with Crippen molar-refractivity contribution in [2.45, 2.75) is 103 Å². The maximum Gasteiger partial charge on any atom is 0.328 e. The molecule has 1 atom stereocenters. The van der Waals surface area contributed by atoms with Crippen LogP contribution in [0.5, 0.6) is 0 Å². The van der Waals surface area contributed by atoms with Crippen LogP contribution in [0.1, 0.15) is 108 Å². The van der Waals surface area contributed by atoms with Gasteiger partial charge >= 0.3 is 5.97 Å². The van der Waals surface area contributed by atoms with E-state index in [1.165, 1.54) is 82.4 Å². The molecule has 1 amide bonds. The molecule has 0 saturated heterocycles. The first kappa shape index (κ1) is 26.1. The Bertz CT molecular complexity index is 606. The molecule has 0 spiro atoms. The van der Waals surface area contributed by atoms with E-state index in [0.29, 0.717) is 6.61 Å². The van der Waals surface area contributed by atoms with Crippen molar-refractivity contribution in [1.82, 2.24) is 5.32 Å². The number of halogens is 1. The van der Waals surface area contributed by atoms with Gasteiger partial charge in [0.2, 0.25) is 0 Å². The monoisotopic (exact) mass is 421 g/mol. The smallest absolute Gasteiger partial charge is 0.328 e. The van der Waals surface area contributed by atoms with Gasteiger partial charge in [-0.05, 0) is 25.5 Å². The molecule has 0 aliphatic heterocycles. The molecule has 1 N–H and O–H groups in total. The summed E-state index contributed by atoms with van der Waals surface area (Å²) in [7, 11) is 0. The zero-order valence-electron chi connectivity index (χ0n) is 18.9. The van der Waals surface area contributed by atoms with E-state index in [-0.39, 0.29) is 5.56 Å². The quantitative estimate of drug-likeness (QED) is 0.228. The first-order valence-electron chi connectivity index (χ1n) is 11.8. The number of carbonyl (C=O) groups excluding carboxylic acids is 2. The first-order valence-corrected chi connectivity index (χ1v) is 11.8. The molecule has 0 bridgehead atoms. The number of esters is 1. The molecule has 5 heteroatoms. The van der Waals surface area contributed by atoms with E-state index in [9.17, 15) is 14.0 Å². The summed E-state index contributed by atoms with van der Waals surface area (Å²) in [4.78, 5) is 24.0. The van der Waals surface area contributed by atoms with Crippen LogP contribution in [-0.2, 0) is 9.53 Å². The molecule has 1 aromatic rings. The van der Waals surface area contributed by atoms with Gasteiger partial charge < -0.3 is 10.1 Å². The van der Waals surface area contributed by atoms with Gasteiger partial charge in [0.25, 0.3) is 5.91 Å². The lowest BCUT2D eigenvalue weighted by molar-refractivity contribution is -0.145. The zero-order valence-corrected chi connectivity index (χ0v) is 18.9. The fourth-order valence-corrected chi connectivity index (χ4v) is 3.40. The van der Waals surface area contributed by atoms with Crippen LogP contribution in [0, 0.1) is 5.82 Å². The standard InChI is InChI=1S/C25H40FNO3/c1-3-4-5-6-7-8-9-10-11-12-13-14-17-20-30-25(29)21(2)27-24(28)22-18-15-16-19-23(22)26/h15-16,18-19,21H,3-14,17,20H2,1-2H3,(H,27,28)/t21-/m0/s1. The number of hydrogen-bond donors (Lipinski definition) is 1. The Hall–Kier alpha value is -1.91. The number of ether oxygens (including phenoxy) is 1. The molecule has 0 saturated carbocycles. The second-order valence-electron chi connectivity index (χ2n) is 8.09. The van der Waals surface area contributed by atoms with Crippen molar-refractivity contribution >= 4 is 11.9 Å². The average molecular weight is 422 g/mol. The van der Waals surface area contributed by atoms with Crippen LogP contribution in [0.3, 0.4) is 0 Å². The SMILES string of the molecule is CCCCCCCCCCCCCCCOC(=O)[C@H](C)NC(=O)c1ccccc1F. The molecule has 4 nitrogen and oxygen atoms in total. The molecule has 0 radical (unpaired) electrons. The van der Waals surface area contributed by atoms with Crippen LogP contribution in [0.15, 0.2) is 24.3 Å². The summed E-state index contributed by atoms with van der Waals surface area (Å²) in [5, 5.41) is 2.48. The number of rotatable bonds is 17. The highest BCUT2D eigenvalue weighted by molar-refractivity contribution is 5.96. The number of hydrogen-bond acceptors (Lipinski definition) is 3. The summed E-state index contributed by atoms with van der Waals surface area (Å²) < 4.78 is 18.8. The van der Waals surface area contributed by atoms with Gasteiger partial charge in [0, 0.05) is 0 Å². The summed E-state index contributed by atoms with van der Waals surface area (Å²) in [5.74, 6) is -1.71. The second kappa shape index (κ2) is 16.8. The van der Waals surface area contributed by atoms with Crippen molar-refractivity contribution in [2.24, 2.45) is 0 Å². The van der Waals surface area contributed by atoms with Crippen LogP contribution < -0.4 is 5.32 Å². The predicted molar refractivity (Wildman–Crippen MR) is 120 cm³/mol. The number of carbonyl (C=O) groups is 2. The Morgan fingerprint density at radius 3 is 1.90 bits per heavy atom. The third-order valence-electron chi connectivity index (χ3n) is 5.31. The maximum atomic E-state index is 13.6. The van der Waals surface area contributed by atoms with Gasteiger partial charge in [-0.25, -0.2) is 9.18 Å². The lowest BCUT2D eigenvalue weighted by atomic mass is 10.0. The van der Waals surface area contributed by atoms with Crippen molar-refractivity contribution in [3.8, 4) is 0 Å². The minimum Gasteiger partial charge on any atom is -0.464 e. The van der Waals surface area contributed by atoms with Gasteiger partial charge in [-0.2, -0.15) is 0 Å². The Labute approximate surface area is 182 Å². The molecule has 170 valence electrons. The Morgan fingerprint density at radius 2 is 1.37 bits per heavy atom. The largest absolute Gasteiger partial charge is 0.464 e. The van der Waals surface area contributed by atoms with Gasteiger partial charge in [-0.15, -0.1) is 0 Å². The fraction of sp³-hybridized carbons (Fsp3) is 0.680. The molecule has 0 fully saturated rings. The van der Waals surface area contributed by atoms with E-state index in [0.717, 1.165) is 19.3 Å². The van der Waals surface area contributed by atoms with Gasteiger partial charge in [-0.1, -0.05) is 96.1 Å². The van der Waals surface area contributed by atoms with Crippen LogP contribution in [0.2, 0.25) is 0 Å². The summed E-state index contributed by atoms with van der Waals surface area (Å²) in [6.07, 6.45) is 16.4. The number of unbranched alkanes of at least 4 members (excludes halogenated alkanes) is 12. The lowest BCUT2D eigenvalue weighted by Gasteiger charge is -2.13. The zero-order chi connectivity index (χ0) is 22.0. The molecule has 0 heterocycles. The number of benzene rings is 1. The van der Waals surface area contributed by atoms with Gasteiger partial charge in [0.05, 0.1) is 12.2 Å². The van der Waals surface area contributed by atoms with E-state index in [4.69, 9.17) is 4.74 Å². The first-order chi connectivity index (χ1) is 14.6. The molecule has 0 aromatic heterocycles. The lowest BCUT2D eigenvalue weighted by Crippen LogP contribution is -2.40. The number of nitrogens with one attached hydrogen (secondary N) is 1. The van der Waals surface area contributed by atoms with Gasteiger partial charge in [-0.3, -0.25) is 4.79 Å². The third-order valence-corrected chi connectivity index (χ3v) is 5.31. The van der Waals surface area contributed by atoms with E-state index in [1.807, 2.05) is 0 Å². The normalized spacial score (nSPS) is 11.8. The van der Waals surface area contributed by atoms with E-state index in [1.54, 1.807) is 13.0 Å². The molecule has 0 unspecified atom stereocenters. The van der Waals surface area contributed by atoms with E-state index >= 15 is 0 Å². The Morgan fingerprint density at radius 1 is 0.867 bits per heavy atom. The molecular formula is C25H40FNO3. The average Bonchev–Trinajstić information content (AvgIpc) is 2.74. The van der Waals surface area contributed by atoms with E-state index < -0.39 is 23.7 Å². The van der Waals surface area contributed by atoms with Crippen molar-refractivity contribution in [1.29, 1.82) is 0 Å². The van der Waals surface area contributed by atoms with Crippen molar-refractivity contribution in [3.05, 3.63) is 35.6 Å². The topological polar surface area (TPSA) is 55.4 Å².